The van der Waals surface area contributed by atoms with Gasteiger partial charge in [-0.15, -0.1) is 0 Å². The molecule has 1 heterocycles. The van der Waals surface area contributed by atoms with Gasteiger partial charge in [-0.25, -0.2) is 0 Å². The molecule has 0 radical (unpaired) electrons. The van der Waals surface area contributed by atoms with E-state index in [9.17, 15) is 5.11 Å². The molecule has 0 aromatic carbocycles. The molecule has 1 saturated carbocycles. The number of aliphatic hydroxyl groups is 1. The Morgan fingerprint density at radius 2 is 1.94 bits per heavy atom. The third-order valence-electron chi connectivity index (χ3n) is 4.40. The number of rotatable bonds is 4. The Hall–Kier alpha value is -0.120. The fourth-order valence-corrected chi connectivity index (χ4v) is 3.00. The van der Waals surface area contributed by atoms with Crippen molar-refractivity contribution in [3.63, 3.8) is 0 Å². The molecule has 2 rings (SSSR count). The van der Waals surface area contributed by atoms with Gasteiger partial charge < -0.3 is 15.3 Å². The molecule has 1 atom stereocenters. The van der Waals surface area contributed by atoms with Crippen LogP contribution in [0.3, 0.4) is 0 Å². The zero-order valence-electron chi connectivity index (χ0n) is 10.7. The largest absolute Gasteiger partial charge is 0.393 e. The molecule has 16 heavy (non-hydrogen) atoms. The summed E-state index contributed by atoms with van der Waals surface area (Å²) in [7, 11) is 0. The first-order valence-electron chi connectivity index (χ1n) is 6.85. The van der Waals surface area contributed by atoms with Gasteiger partial charge in [0.15, 0.2) is 0 Å². The molecule has 0 bridgehead atoms. The highest BCUT2D eigenvalue weighted by Gasteiger charge is 2.30. The van der Waals surface area contributed by atoms with Gasteiger partial charge in [-0.2, -0.15) is 0 Å². The van der Waals surface area contributed by atoms with Crippen molar-refractivity contribution < 1.29 is 5.11 Å². The summed E-state index contributed by atoms with van der Waals surface area (Å²) in [5, 5.41) is 12.9. The predicted octanol–water partition coefficient (Wildman–Crippen LogP) is 1.22. The van der Waals surface area contributed by atoms with Crippen LogP contribution in [-0.2, 0) is 0 Å². The highest BCUT2D eigenvalue weighted by molar-refractivity contribution is 4.89. The van der Waals surface area contributed by atoms with Crippen molar-refractivity contribution in [2.24, 2.45) is 5.92 Å². The summed E-state index contributed by atoms with van der Waals surface area (Å²) in [6, 6.07) is 1.20. The standard InChI is InChI=1S/C13H26N2O/c1-3-15-6-4-11(5-7-15)10(2)14-12-8-13(16)9-12/h10-14,16H,3-9H2,1-2H3. The monoisotopic (exact) mass is 226 g/mol. The van der Waals surface area contributed by atoms with Gasteiger partial charge in [0.25, 0.3) is 0 Å². The predicted molar refractivity (Wildman–Crippen MR) is 66.5 cm³/mol. The molecular weight excluding hydrogens is 200 g/mol. The molecule has 2 N–H and O–H groups in total. The second-order valence-electron chi connectivity index (χ2n) is 5.55. The summed E-state index contributed by atoms with van der Waals surface area (Å²) in [5.74, 6) is 0.834. The molecule has 1 saturated heterocycles. The van der Waals surface area contributed by atoms with Gasteiger partial charge in [0.1, 0.15) is 0 Å². The third kappa shape index (κ3) is 2.96. The van der Waals surface area contributed by atoms with Crippen molar-refractivity contribution in [1.82, 2.24) is 10.2 Å². The van der Waals surface area contributed by atoms with Crippen LogP contribution in [0.4, 0.5) is 0 Å². The zero-order valence-corrected chi connectivity index (χ0v) is 10.7. The Morgan fingerprint density at radius 3 is 2.44 bits per heavy atom. The lowest BCUT2D eigenvalue weighted by Crippen LogP contribution is -2.51. The van der Waals surface area contributed by atoms with E-state index in [1.807, 2.05) is 0 Å². The van der Waals surface area contributed by atoms with E-state index in [0.717, 1.165) is 18.8 Å². The van der Waals surface area contributed by atoms with Gasteiger partial charge >= 0.3 is 0 Å². The summed E-state index contributed by atoms with van der Waals surface area (Å²) in [4.78, 5) is 2.54. The lowest BCUT2D eigenvalue weighted by Gasteiger charge is -2.39. The zero-order chi connectivity index (χ0) is 11.5. The van der Waals surface area contributed by atoms with Crippen molar-refractivity contribution >= 4 is 0 Å². The van der Waals surface area contributed by atoms with E-state index in [1.54, 1.807) is 0 Å². The number of aliphatic hydroxyl groups excluding tert-OH is 1. The quantitative estimate of drug-likeness (QED) is 0.756. The molecule has 0 amide bonds. The number of piperidine rings is 1. The molecule has 1 unspecified atom stereocenters. The smallest absolute Gasteiger partial charge is 0.0570 e. The van der Waals surface area contributed by atoms with Gasteiger partial charge in [0.05, 0.1) is 6.10 Å². The average molecular weight is 226 g/mol. The van der Waals surface area contributed by atoms with E-state index in [0.29, 0.717) is 12.1 Å². The Balaban J connectivity index is 1.67. The van der Waals surface area contributed by atoms with Crippen LogP contribution in [0, 0.1) is 5.92 Å². The van der Waals surface area contributed by atoms with Gasteiger partial charge in [-0.1, -0.05) is 6.92 Å². The fraction of sp³-hybridized carbons (Fsp3) is 1.00. The summed E-state index contributed by atoms with van der Waals surface area (Å²) in [6.45, 7) is 8.29. The molecule has 2 aliphatic rings. The average Bonchev–Trinajstić information content (AvgIpc) is 2.27. The van der Waals surface area contributed by atoms with Gasteiger partial charge in [0, 0.05) is 12.1 Å². The topological polar surface area (TPSA) is 35.5 Å². The van der Waals surface area contributed by atoms with Crippen molar-refractivity contribution in [2.75, 3.05) is 19.6 Å². The highest BCUT2D eigenvalue weighted by Crippen LogP contribution is 2.24. The van der Waals surface area contributed by atoms with Gasteiger partial charge in [0.2, 0.25) is 0 Å². The number of nitrogens with zero attached hydrogens (tertiary/aromatic N) is 1. The second kappa shape index (κ2) is 5.48. The number of hydrogen-bond donors (Lipinski definition) is 2. The van der Waals surface area contributed by atoms with Crippen molar-refractivity contribution in [3.05, 3.63) is 0 Å². The lowest BCUT2D eigenvalue weighted by molar-refractivity contribution is 0.0512. The minimum absolute atomic E-state index is 0.0355. The fourth-order valence-electron chi connectivity index (χ4n) is 3.00. The van der Waals surface area contributed by atoms with Crippen LogP contribution >= 0.6 is 0 Å². The van der Waals surface area contributed by atoms with Crippen molar-refractivity contribution in [2.45, 2.75) is 57.7 Å². The van der Waals surface area contributed by atoms with E-state index < -0.39 is 0 Å². The Labute approximate surface area is 99.2 Å². The van der Waals surface area contributed by atoms with E-state index in [1.165, 1.54) is 32.5 Å². The third-order valence-corrected chi connectivity index (χ3v) is 4.40. The SMILES string of the molecule is CCN1CCC(C(C)NC2CC(O)C2)CC1. The lowest BCUT2D eigenvalue weighted by atomic mass is 9.85. The van der Waals surface area contributed by atoms with Crippen LogP contribution in [0.5, 0.6) is 0 Å². The first kappa shape index (κ1) is 12.3. The second-order valence-corrected chi connectivity index (χ2v) is 5.55. The molecular formula is C13H26N2O. The maximum Gasteiger partial charge on any atom is 0.0570 e. The van der Waals surface area contributed by atoms with Crippen LogP contribution in [0.15, 0.2) is 0 Å². The molecule has 3 nitrogen and oxygen atoms in total. The maximum atomic E-state index is 9.26. The van der Waals surface area contributed by atoms with Crippen LogP contribution < -0.4 is 5.32 Å². The van der Waals surface area contributed by atoms with Gasteiger partial charge in [-0.05, 0) is 58.2 Å². The molecule has 2 fully saturated rings. The molecule has 1 aliphatic carbocycles. The summed E-state index contributed by atoms with van der Waals surface area (Å²) in [6.07, 6.45) is 4.54. The number of hydrogen-bond acceptors (Lipinski definition) is 3. The van der Waals surface area contributed by atoms with Crippen LogP contribution in [0.25, 0.3) is 0 Å². The first-order valence-corrected chi connectivity index (χ1v) is 6.85. The van der Waals surface area contributed by atoms with E-state index in [4.69, 9.17) is 0 Å². The molecule has 3 heteroatoms. The van der Waals surface area contributed by atoms with Crippen molar-refractivity contribution in [3.8, 4) is 0 Å². The van der Waals surface area contributed by atoms with E-state index >= 15 is 0 Å². The van der Waals surface area contributed by atoms with Crippen LogP contribution in [-0.4, -0.2) is 47.8 Å². The molecule has 94 valence electrons. The molecule has 0 aromatic rings. The van der Waals surface area contributed by atoms with E-state index in [2.05, 4.69) is 24.1 Å². The Bertz CT molecular complexity index is 208. The Kier molecular flexibility index (Phi) is 4.22. The molecule has 0 aromatic heterocycles. The first-order chi connectivity index (χ1) is 7.69. The summed E-state index contributed by atoms with van der Waals surface area (Å²) in [5.41, 5.74) is 0. The molecule has 0 spiro atoms. The van der Waals surface area contributed by atoms with Crippen LogP contribution in [0.2, 0.25) is 0 Å². The molecule has 1 aliphatic heterocycles. The highest BCUT2D eigenvalue weighted by atomic mass is 16.3. The van der Waals surface area contributed by atoms with Crippen LogP contribution in [0.1, 0.15) is 39.5 Å². The normalized spacial score (nSPS) is 34.7. The number of likely N-dealkylation sites (tertiary alicyclic amines) is 1. The summed E-state index contributed by atoms with van der Waals surface area (Å²) < 4.78 is 0. The van der Waals surface area contributed by atoms with Gasteiger partial charge in [-0.3, -0.25) is 0 Å². The van der Waals surface area contributed by atoms with E-state index in [-0.39, 0.29) is 6.10 Å². The summed E-state index contributed by atoms with van der Waals surface area (Å²) >= 11 is 0. The number of nitrogens with one attached hydrogen (secondary N) is 1. The van der Waals surface area contributed by atoms with Crippen molar-refractivity contribution in [1.29, 1.82) is 0 Å². The minimum atomic E-state index is -0.0355. The minimum Gasteiger partial charge on any atom is -0.393 e. The Morgan fingerprint density at radius 1 is 1.31 bits per heavy atom. The maximum absolute atomic E-state index is 9.26.